The second-order valence-corrected chi connectivity index (χ2v) is 9.70. The van der Waals surface area contributed by atoms with Gasteiger partial charge in [-0.2, -0.15) is 0 Å². The number of aromatic nitrogens is 1. The molecule has 31 heavy (non-hydrogen) atoms. The van der Waals surface area contributed by atoms with Gasteiger partial charge in [-0.1, -0.05) is 30.4 Å². The standard InChI is InChI=1S/C23H28N4O2S2/c1-3-30-18-7-4-6-17(16-18)22(28)24-10-11-26-12-14-27(15-13-26)23-25-21-19(29-2)8-5-9-20(21)31-23/h4-9,16H,3,10-15H2,1-2H3,(H,24,28). The molecule has 1 aliphatic heterocycles. The number of carbonyl (C=O) groups is 1. The predicted octanol–water partition coefficient (Wildman–Crippen LogP) is 3.97. The fraction of sp³-hybridized carbons (Fsp3) is 0.391. The molecule has 4 rings (SSSR count). The molecule has 1 amide bonds. The molecule has 0 spiro atoms. The summed E-state index contributed by atoms with van der Waals surface area (Å²) in [5.41, 5.74) is 1.67. The summed E-state index contributed by atoms with van der Waals surface area (Å²) in [6, 6.07) is 13.9. The summed E-state index contributed by atoms with van der Waals surface area (Å²) < 4.78 is 6.59. The van der Waals surface area contributed by atoms with Gasteiger partial charge in [0.05, 0.1) is 11.8 Å². The number of piperazine rings is 1. The van der Waals surface area contributed by atoms with E-state index in [1.165, 1.54) is 0 Å². The lowest BCUT2D eigenvalue weighted by Gasteiger charge is -2.34. The maximum absolute atomic E-state index is 12.5. The van der Waals surface area contributed by atoms with Crippen LogP contribution in [-0.2, 0) is 0 Å². The van der Waals surface area contributed by atoms with Crippen LogP contribution < -0.4 is 15.0 Å². The molecule has 1 aliphatic rings. The molecule has 0 radical (unpaired) electrons. The average molecular weight is 457 g/mol. The Kier molecular flexibility index (Phi) is 7.32. The van der Waals surface area contributed by atoms with Crippen LogP contribution in [0.15, 0.2) is 47.4 Å². The van der Waals surface area contributed by atoms with Crippen LogP contribution in [0, 0.1) is 0 Å². The van der Waals surface area contributed by atoms with Crippen LogP contribution in [0.5, 0.6) is 5.75 Å². The predicted molar refractivity (Wildman–Crippen MR) is 130 cm³/mol. The molecule has 1 N–H and O–H groups in total. The van der Waals surface area contributed by atoms with Gasteiger partial charge in [0, 0.05) is 49.7 Å². The highest BCUT2D eigenvalue weighted by atomic mass is 32.2. The van der Waals surface area contributed by atoms with Crippen LogP contribution in [0.25, 0.3) is 10.2 Å². The molecule has 0 saturated carbocycles. The monoisotopic (exact) mass is 456 g/mol. The molecule has 0 unspecified atom stereocenters. The minimum Gasteiger partial charge on any atom is -0.494 e. The number of thioether (sulfide) groups is 1. The third-order valence-corrected chi connectivity index (χ3v) is 7.31. The van der Waals surface area contributed by atoms with Crippen LogP contribution in [0.3, 0.4) is 0 Å². The zero-order valence-corrected chi connectivity index (χ0v) is 19.6. The molecule has 6 nitrogen and oxygen atoms in total. The number of benzene rings is 2. The second-order valence-electron chi connectivity index (χ2n) is 7.35. The number of methoxy groups -OCH3 is 1. The number of ether oxygens (including phenoxy) is 1. The normalized spacial score (nSPS) is 14.7. The third-order valence-electron chi connectivity index (χ3n) is 5.35. The molecular formula is C23H28N4O2S2. The SMILES string of the molecule is CCSc1cccc(C(=O)NCCN2CCN(c3nc4c(OC)cccc4s3)CC2)c1. The number of hydrogen-bond acceptors (Lipinski definition) is 7. The zero-order valence-electron chi connectivity index (χ0n) is 18.0. The van der Waals surface area contributed by atoms with Gasteiger partial charge in [0.25, 0.3) is 5.91 Å². The summed E-state index contributed by atoms with van der Waals surface area (Å²) >= 11 is 3.47. The summed E-state index contributed by atoms with van der Waals surface area (Å²) in [6.45, 7) is 7.43. The van der Waals surface area contributed by atoms with E-state index in [4.69, 9.17) is 9.72 Å². The van der Waals surface area contributed by atoms with Crippen molar-refractivity contribution in [3.05, 3.63) is 48.0 Å². The first-order valence-corrected chi connectivity index (χ1v) is 12.4. The average Bonchev–Trinajstić information content (AvgIpc) is 3.24. The van der Waals surface area contributed by atoms with Crippen molar-refractivity contribution in [2.45, 2.75) is 11.8 Å². The first kappa shape index (κ1) is 21.9. The highest BCUT2D eigenvalue weighted by Crippen LogP contribution is 2.34. The lowest BCUT2D eigenvalue weighted by molar-refractivity contribution is 0.0947. The molecule has 164 valence electrons. The molecule has 3 aromatic rings. The minimum absolute atomic E-state index is 0.000567. The maximum Gasteiger partial charge on any atom is 0.251 e. The Morgan fingerprint density at radius 1 is 1.19 bits per heavy atom. The van der Waals surface area contributed by atoms with Gasteiger partial charge in [-0.15, -0.1) is 11.8 Å². The van der Waals surface area contributed by atoms with E-state index in [1.807, 2.05) is 36.4 Å². The highest BCUT2D eigenvalue weighted by molar-refractivity contribution is 7.99. The first-order valence-electron chi connectivity index (χ1n) is 10.6. The number of nitrogens with one attached hydrogen (secondary N) is 1. The Balaban J connectivity index is 1.25. The maximum atomic E-state index is 12.5. The van der Waals surface area contributed by atoms with Gasteiger partial charge in [0.2, 0.25) is 0 Å². The minimum atomic E-state index is 0.000567. The summed E-state index contributed by atoms with van der Waals surface area (Å²) in [5, 5.41) is 4.11. The number of carbonyl (C=O) groups excluding carboxylic acids is 1. The van der Waals surface area contributed by atoms with E-state index in [1.54, 1.807) is 30.2 Å². The van der Waals surface area contributed by atoms with Crippen molar-refractivity contribution in [2.24, 2.45) is 0 Å². The molecule has 0 aliphatic carbocycles. The summed E-state index contributed by atoms with van der Waals surface area (Å²) in [5.74, 6) is 1.83. The van der Waals surface area contributed by atoms with E-state index in [-0.39, 0.29) is 5.91 Å². The molecule has 1 fully saturated rings. The summed E-state index contributed by atoms with van der Waals surface area (Å²) in [6.07, 6.45) is 0. The molecule has 0 bridgehead atoms. The Labute approximate surface area is 191 Å². The van der Waals surface area contributed by atoms with E-state index in [0.29, 0.717) is 6.54 Å². The van der Waals surface area contributed by atoms with Crippen molar-refractivity contribution in [3.63, 3.8) is 0 Å². The third kappa shape index (κ3) is 5.31. The van der Waals surface area contributed by atoms with Crippen LogP contribution in [-0.4, -0.2) is 67.9 Å². The van der Waals surface area contributed by atoms with Gasteiger partial charge in [-0.05, 0) is 36.1 Å². The number of thiazole rings is 1. The molecule has 1 saturated heterocycles. The largest absolute Gasteiger partial charge is 0.494 e. The molecular weight excluding hydrogens is 428 g/mol. The molecule has 1 aromatic heterocycles. The number of para-hydroxylation sites is 1. The highest BCUT2D eigenvalue weighted by Gasteiger charge is 2.20. The van der Waals surface area contributed by atoms with Gasteiger partial charge in [0.15, 0.2) is 5.13 Å². The molecule has 2 aromatic carbocycles. The number of fused-ring (bicyclic) bond motifs is 1. The van der Waals surface area contributed by atoms with Crippen molar-refractivity contribution in [1.29, 1.82) is 0 Å². The number of nitrogens with zero attached hydrogens (tertiary/aromatic N) is 3. The zero-order chi connectivity index (χ0) is 21.6. The van der Waals surface area contributed by atoms with Gasteiger partial charge in [0.1, 0.15) is 11.3 Å². The number of amides is 1. The molecule has 0 atom stereocenters. The number of hydrogen-bond donors (Lipinski definition) is 1. The number of anilines is 1. The quantitative estimate of drug-likeness (QED) is 0.518. The fourth-order valence-electron chi connectivity index (χ4n) is 3.70. The lowest BCUT2D eigenvalue weighted by Crippen LogP contribution is -2.48. The van der Waals surface area contributed by atoms with Crippen molar-refractivity contribution in [2.75, 3.05) is 57.0 Å². The van der Waals surface area contributed by atoms with Crippen molar-refractivity contribution in [3.8, 4) is 5.75 Å². The summed E-state index contributed by atoms with van der Waals surface area (Å²) in [4.78, 5) is 23.1. The fourth-order valence-corrected chi connectivity index (χ4v) is 5.45. The van der Waals surface area contributed by atoms with Gasteiger partial charge >= 0.3 is 0 Å². The lowest BCUT2D eigenvalue weighted by atomic mass is 10.2. The van der Waals surface area contributed by atoms with E-state index in [2.05, 4.69) is 28.1 Å². The Morgan fingerprint density at radius 2 is 2.00 bits per heavy atom. The molecule has 8 heteroatoms. The van der Waals surface area contributed by atoms with Crippen LogP contribution in [0.4, 0.5) is 5.13 Å². The van der Waals surface area contributed by atoms with Crippen LogP contribution in [0.2, 0.25) is 0 Å². The van der Waals surface area contributed by atoms with Crippen LogP contribution in [0.1, 0.15) is 17.3 Å². The number of rotatable bonds is 8. The molecule has 2 heterocycles. The van der Waals surface area contributed by atoms with Crippen molar-refractivity contribution in [1.82, 2.24) is 15.2 Å². The Morgan fingerprint density at radius 3 is 2.77 bits per heavy atom. The van der Waals surface area contributed by atoms with Crippen molar-refractivity contribution >= 4 is 44.4 Å². The first-order chi connectivity index (χ1) is 15.2. The van der Waals surface area contributed by atoms with Gasteiger partial charge in [-0.25, -0.2) is 4.98 Å². The van der Waals surface area contributed by atoms with E-state index < -0.39 is 0 Å². The summed E-state index contributed by atoms with van der Waals surface area (Å²) in [7, 11) is 1.69. The van der Waals surface area contributed by atoms with Gasteiger partial charge < -0.3 is 15.0 Å². The Hall–Kier alpha value is -2.29. The topological polar surface area (TPSA) is 57.7 Å². The van der Waals surface area contributed by atoms with E-state index in [0.717, 1.165) is 70.0 Å². The smallest absolute Gasteiger partial charge is 0.251 e. The van der Waals surface area contributed by atoms with Gasteiger partial charge in [-0.3, -0.25) is 9.69 Å². The van der Waals surface area contributed by atoms with E-state index >= 15 is 0 Å². The van der Waals surface area contributed by atoms with Crippen LogP contribution >= 0.6 is 23.1 Å². The van der Waals surface area contributed by atoms with Crippen molar-refractivity contribution < 1.29 is 9.53 Å². The second kappa shape index (κ2) is 10.3. The van der Waals surface area contributed by atoms with E-state index in [9.17, 15) is 4.79 Å². The Bertz CT molecular complexity index is 1030.